The summed E-state index contributed by atoms with van der Waals surface area (Å²) in [5, 5.41) is 0. The van der Waals surface area contributed by atoms with Crippen molar-refractivity contribution in [1.29, 1.82) is 0 Å². The van der Waals surface area contributed by atoms with Crippen LogP contribution in [0.4, 0.5) is 4.39 Å². The minimum Gasteiger partial charge on any atom is -0.378 e. The van der Waals surface area contributed by atoms with Gasteiger partial charge in [0.25, 0.3) is 0 Å². The highest BCUT2D eigenvalue weighted by atomic mass is 19.1. The molecule has 1 nitrogen and oxygen atoms in total. The van der Waals surface area contributed by atoms with Gasteiger partial charge in [-0.1, -0.05) is 52.9 Å². The number of methoxy groups -OCH3 is 1. The molecule has 0 heterocycles. The number of halogens is 1. The van der Waals surface area contributed by atoms with Gasteiger partial charge in [-0.25, -0.2) is 4.39 Å². The Hall–Kier alpha value is -0.110. The summed E-state index contributed by atoms with van der Waals surface area (Å²) < 4.78 is 19.3. The van der Waals surface area contributed by atoms with Crippen molar-refractivity contribution in [3.8, 4) is 0 Å². The molecule has 0 N–H and O–H groups in total. The predicted molar refractivity (Wildman–Crippen MR) is 75.5 cm³/mol. The largest absolute Gasteiger partial charge is 0.378 e. The normalized spacial score (nSPS) is 34.5. The molecule has 18 heavy (non-hydrogen) atoms. The van der Waals surface area contributed by atoms with Crippen LogP contribution in [-0.2, 0) is 4.74 Å². The third-order valence-corrected chi connectivity index (χ3v) is 4.78. The highest BCUT2D eigenvalue weighted by Crippen LogP contribution is 2.36. The molecule has 0 amide bonds. The fourth-order valence-electron chi connectivity index (χ4n) is 3.42. The maximum atomic E-state index is 14.1. The van der Waals surface area contributed by atoms with Crippen LogP contribution in [0.15, 0.2) is 0 Å². The molecule has 108 valence electrons. The Morgan fingerprint density at radius 3 is 2.61 bits per heavy atom. The van der Waals surface area contributed by atoms with E-state index >= 15 is 0 Å². The van der Waals surface area contributed by atoms with E-state index in [0.717, 1.165) is 18.8 Å². The van der Waals surface area contributed by atoms with Crippen LogP contribution in [0.2, 0.25) is 0 Å². The zero-order valence-electron chi connectivity index (χ0n) is 12.6. The van der Waals surface area contributed by atoms with Gasteiger partial charge in [0.15, 0.2) is 0 Å². The smallest absolute Gasteiger partial charge is 0.129 e. The minimum absolute atomic E-state index is 0.157. The van der Waals surface area contributed by atoms with Crippen molar-refractivity contribution in [3.05, 3.63) is 0 Å². The van der Waals surface area contributed by atoms with Crippen LogP contribution in [0, 0.1) is 17.8 Å². The van der Waals surface area contributed by atoms with E-state index in [4.69, 9.17) is 4.74 Å². The van der Waals surface area contributed by atoms with E-state index in [2.05, 4.69) is 20.8 Å². The molecule has 1 aliphatic carbocycles. The van der Waals surface area contributed by atoms with Gasteiger partial charge >= 0.3 is 0 Å². The molecule has 5 atom stereocenters. The molecule has 0 aromatic carbocycles. The van der Waals surface area contributed by atoms with Crippen molar-refractivity contribution in [2.24, 2.45) is 17.8 Å². The zero-order chi connectivity index (χ0) is 13.5. The Labute approximate surface area is 112 Å². The van der Waals surface area contributed by atoms with Gasteiger partial charge in [-0.15, -0.1) is 0 Å². The summed E-state index contributed by atoms with van der Waals surface area (Å²) in [5.74, 6) is 1.58. The molecular weight excluding hydrogens is 227 g/mol. The van der Waals surface area contributed by atoms with Gasteiger partial charge < -0.3 is 4.74 Å². The lowest BCUT2D eigenvalue weighted by atomic mass is 9.75. The lowest BCUT2D eigenvalue weighted by molar-refractivity contribution is -0.0412. The molecule has 2 heteroatoms. The highest BCUT2D eigenvalue weighted by molar-refractivity contribution is 4.86. The van der Waals surface area contributed by atoms with Crippen LogP contribution in [0.3, 0.4) is 0 Å². The molecule has 0 aromatic rings. The Morgan fingerprint density at radius 1 is 1.28 bits per heavy atom. The summed E-state index contributed by atoms with van der Waals surface area (Å²) in [4.78, 5) is 0. The summed E-state index contributed by atoms with van der Waals surface area (Å²) >= 11 is 0. The first-order chi connectivity index (χ1) is 8.60. The molecule has 0 bridgehead atoms. The third-order valence-electron chi connectivity index (χ3n) is 4.78. The molecule has 1 aliphatic rings. The van der Waals surface area contributed by atoms with E-state index in [9.17, 15) is 4.39 Å². The predicted octanol–water partition coefficient (Wildman–Crippen LogP) is 4.99. The second-order valence-corrected chi connectivity index (χ2v) is 6.24. The van der Waals surface area contributed by atoms with Crippen LogP contribution in [0.1, 0.15) is 65.7 Å². The number of ether oxygens (including phenoxy) is 1. The molecule has 1 saturated carbocycles. The second kappa shape index (κ2) is 8.14. The second-order valence-electron chi connectivity index (χ2n) is 6.24. The monoisotopic (exact) mass is 258 g/mol. The molecule has 0 aromatic heterocycles. The molecule has 0 radical (unpaired) electrons. The van der Waals surface area contributed by atoms with E-state index < -0.39 is 6.17 Å². The van der Waals surface area contributed by atoms with Gasteiger partial charge in [0.05, 0.1) is 6.10 Å². The Kier molecular flexibility index (Phi) is 7.21. The van der Waals surface area contributed by atoms with Crippen molar-refractivity contribution >= 4 is 0 Å². The van der Waals surface area contributed by atoms with E-state index in [1.165, 1.54) is 32.1 Å². The minimum atomic E-state index is -0.762. The van der Waals surface area contributed by atoms with Crippen molar-refractivity contribution < 1.29 is 9.13 Å². The van der Waals surface area contributed by atoms with Crippen LogP contribution >= 0.6 is 0 Å². The van der Waals surface area contributed by atoms with Crippen LogP contribution in [0.25, 0.3) is 0 Å². The summed E-state index contributed by atoms with van der Waals surface area (Å²) in [6.45, 7) is 6.65. The van der Waals surface area contributed by atoms with Gasteiger partial charge in [-0.05, 0) is 30.6 Å². The molecule has 0 spiro atoms. The number of hydrogen-bond acceptors (Lipinski definition) is 1. The topological polar surface area (TPSA) is 9.23 Å². The molecule has 0 saturated heterocycles. The Balaban J connectivity index is 2.26. The van der Waals surface area contributed by atoms with Gasteiger partial charge in [0, 0.05) is 7.11 Å². The zero-order valence-corrected chi connectivity index (χ0v) is 12.6. The lowest BCUT2D eigenvalue weighted by Crippen LogP contribution is -2.39. The molecule has 5 unspecified atom stereocenters. The number of hydrogen-bond donors (Lipinski definition) is 0. The number of alkyl halides is 1. The average molecular weight is 258 g/mol. The quantitative estimate of drug-likeness (QED) is 0.625. The highest BCUT2D eigenvalue weighted by Gasteiger charge is 2.36. The van der Waals surface area contributed by atoms with Crippen LogP contribution in [-0.4, -0.2) is 19.4 Å². The fourth-order valence-corrected chi connectivity index (χ4v) is 3.42. The summed E-state index contributed by atoms with van der Waals surface area (Å²) in [6, 6.07) is 0. The molecule has 0 aliphatic heterocycles. The third kappa shape index (κ3) is 4.53. The van der Waals surface area contributed by atoms with Crippen LogP contribution < -0.4 is 0 Å². The van der Waals surface area contributed by atoms with E-state index in [1.54, 1.807) is 7.11 Å². The summed E-state index contributed by atoms with van der Waals surface area (Å²) in [6.07, 6.45) is 7.51. The van der Waals surface area contributed by atoms with Crippen molar-refractivity contribution in [2.75, 3.05) is 7.11 Å². The SMILES string of the molecule is CCCC(C)CCCC1CCC(OC)C(F)C1C. The van der Waals surface area contributed by atoms with E-state index in [0.29, 0.717) is 5.92 Å². The fraction of sp³-hybridized carbons (Fsp3) is 1.00. The first kappa shape index (κ1) is 15.9. The van der Waals surface area contributed by atoms with Crippen molar-refractivity contribution in [1.82, 2.24) is 0 Å². The molecular formula is C16H31FO. The van der Waals surface area contributed by atoms with E-state index in [1.807, 2.05) is 0 Å². The standard InChI is InChI=1S/C16H31FO/c1-5-7-12(2)8-6-9-14-10-11-15(18-4)16(17)13(14)3/h12-16H,5-11H2,1-4H3. The van der Waals surface area contributed by atoms with Crippen molar-refractivity contribution in [2.45, 2.75) is 78.0 Å². The van der Waals surface area contributed by atoms with Gasteiger partial charge in [0.2, 0.25) is 0 Å². The first-order valence-corrected chi connectivity index (χ1v) is 7.77. The maximum absolute atomic E-state index is 14.1. The average Bonchev–Trinajstić information content (AvgIpc) is 2.35. The van der Waals surface area contributed by atoms with Gasteiger partial charge in [-0.3, -0.25) is 0 Å². The lowest BCUT2D eigenvalue weighted by Gasteiger charge is -2.36. The first-order valence-electron chi connectivity index (χ1n) is 7.77. The Bertz CT molecular complexity index is 219. The molecule has 1 rings (SSSR count). The van der Waals surface area contributed by atoms with Crippen LogP contribution in [0.5, 0.6) is 0 Å². The van der Waals surface area contributed by atoms with Gasteiger partial charge in [-0.2, -0.15) is 0 Å². The molecule has 1 fully saturated rings. The summed E-state index contributed by atoms with van der Waals surface area (Å²) in [7, 11) is 1.64. The van der Waals surface area contributed by atoms with E-state index in [-0.39, 0.29) is 12.0 Å². The maximum Gasteiger partial charge on any atom is 0.129 e. The van der Waals surface area contributed by atoms with Crippen molar-refractivity contribution in [3.63, 3.8) is 0 Å². The number of rotatable bonds is 7. The Morgan fingerprint density at radius 2 is 2.00 bits per heavy atom. The summed E-state index contributed by atoms with van der Waals surface area (Å²) in [5.41, 5.74) is 0. The van der Waals surface area contributed by atoms with Gasteiger partial charge in [0.1, 0.15) is 6.17 Å².